The number of aryl methyl sites for hydroxylation is 1. The number of para-hydroxylation sites is 1. The molecule has 0 aliphatic carbocycles. The van der Waals surface area contributed by atoms with Crippen molar-refractivity contribution in [1.29, 1.82) is 0 Å². The second kappa shape index (κ2) is 6.96. The fraction of sp³-hybridized carbons (Fsp3) is 0.143. The van der Waals surface area contributed by atoms with Crippen molar-refractivity contribution in [3.05, 3.63) is 83.9 Å². The number of benzene rings is 3. The molecule has 0 aromatic heterocycles. The molecule has 0 radical (unpaired) electrons. The number of fused-ring (bicyclic) bond motifs is 1. The zero-order valence-corrected chi connectivity index (χ0v) is 15.6. The van der Waals surface area contributed by atoms with Crippen molar-refractivity contribution in [1.82, 2.24) is 0 Å². The molecule has 1 heterocycles. The molecule has 5 nitrogen and oxygen atoms in total. The van der Waals surface area contributed by atoms with Crippen LogP contribution in [0.2, 0.25) is 0 Å². The molecule has 0 atom stereocenters. The van der Waals surface area contributed by atoms with Gasteiger partial charge in [0.1, 0.15) is 0 Å². The van der Waals surface area contributed by atoms with Crippen LogP contribution in [0.4, 0.5) is 5.69 Å². The number of anilines is 1. The lowest BCUT2D eigenvalue weighted by molar-refractivity contribution is 0.174. The Morgan fingerprint density at radius 2 is 1.59 bits per heavy atom. The third kappa shape index (κ3) is 3.48. The molecule has 0 N–H and O–H groups in total. The first-order valence-corrected chi connectivity index (χ1v) is 10.0. The van der Waals surface area contributed by atoms with Crippen molar-refractivity contribution in [2.24, 2.45) is 0 Å². The van der Waals surface area contributed by atoms with Crippen molar-refractivity contribution in [3.63, 3.8) is 0 Å². The average Bonchev–Trinajstić information content (AvgIpc) is 3.15. The fourth-order valence-electron chi connectivity index (χ4n) is 2.95. The summed E-state index contributed by atoms with van der Waals surface area (Å²) < 4.78 is 38.9. The van der Waals surface area contributed by atoms with Crippen LogP contribution < -0.4 is 13.8 Å². The Morgan fingerprint density at radius 1 is 0.889 bits per heavy atom. The zero-order chi connectivity index (χ0) is 18.9. The van der Waals surface area contributed by atoms with Gasteiger partial charge in [-0.3, -0.25) is 4.31 Å². The highest BCUT2D eigenvalue weighted by Crippen LogP contribution is 2.34. The van der Waals surface area contributed by atoms with Gasteiger partial charge in [0.25, 0.3) is 10.0 Å². The lowest BCUT2D eigenvalue weighted by atomic mass is 10.2. The molecule has 0 bridgehead atoms. The van der Waals surface area contributed by atoms with Crippen LogP contribution in [0.3, 0.4) is 0 Å². The molecule has 0 saturated carbocycles. The summed E-state index contributed by atoms with van der Waals surface area (Å²) in [6.45, 7) is 2.30. The quantitative estimate of drug-likeness (QED) is 0.667. The van der Waals surface area contributed by atoms with E-state index >= 15 is 0 Å². The summed E-state index contributed by atoms with van der Waals surface area (Å²) in [5, 5.41) is 0. The third-order valence-corrected chi connectivity index (χ3v) is 6.20. The van der Waals surface area contributed by atoms with E-state index in [1.165, 1.54) is 4.31 Å². The van der Waals surface area contributed by atoms with E-state index < -0.39 is 10.0 Å². The molecule has 4 rings (SSSR count). The fourth-order valence-corrected chi connectivity index (χ4v) is 4.40. The van der Waals surface area contributed by atoms with Crippen molar-refractivity contribution in [2.75, 3.05) is 11.1 Å². The van der Waals surface area contributed by atoms with Crippen molar-refractivity contribution in [3.8, 4) is 11.5 Å². The van der Waals surface area contributed by atoms with Crippen LogP contribution in [0.15, 0.2) is 77.7 Å². The summed E-state index contributed by atoms with van der Waals surface area (Å²) >= 11 is 0. The molecule has 27 heavy (non-hydrogen) atoms. The van der Waals surface area contributed by atoms with Crippen LogP contribution in [-0.4, -0.2) is 15.2 Å². The van der Waals surface area contributed by atoms with E-state index in [4.69, 9.17) is 9.47 Å². The zero-order valence-electron chi connectivity index (χ0n) is 14.8. The van der Waals surface area contributed by atoms with Crippen molar-refractivity contribution < 1.29 is 17.9 Å². The maximum Gasteiger partial charge on any atom is 0.264 e. The van der Waals surface area contributed by atoms with E-state index in [-0.39, 0.29) is 18.2 Å². The summed E-state index contributed by atoms with van der Waals surface area (Å²) in [6.07, 6.45) is 0. The van der Waals surface area contributed by atoms with E-state index in [2.05, 4.69) is 0 Å². The molecular formula is C21H19NO4S. The first-order chi connectivity index (χ1) is 13.0. The highest BCUT2D eigenvalue weighted by atomic mass is 32.2. The highest BCUT2D eigenvalue weighted by molar-refractivity contribution is 7.92. The Morgan fingerprint density at radius 3 is 2.33 bits per heavy atom. The monoisotopic (exact) mass is 381 g/mol. The second-order valence-electron chi connectivity index (χ2n) is 6.35. The van der Waals surface area contributed by atoms with Gasteiger partial charge in [0.15, 0.2) is 11.5 Å². The molecule has 138 valence electrons. The minimum atomic E-state index is -3.72. The van der Waals surface area contributed by atoms with Gasteiger partial charge >= 0.3 is 0 Å². The molecule has 6 heteroatoms. The van der Waals surface area contributed by atoms with Gasteiger partial charge in [-0.15, -0.1) is 0 Å². The Bertz CT molecular complexity index is 1050. The first kappa shape index (κ1) is 17.4. The van der Waals surface area contributed by atoms with E-state index in [0.29, 0.717) is 17.2 Å². The lowest BCUT2D eigenvalue weighted by Gasteiger charge is -2.25. The Balaban J connectivity index is 1.74. The molecule has 0 unspecified atom stereocenters. The third-order valence-electron chi connectivity index (χ3n) is 4.42. The van der Waals surface area contributed by atoms with E-state index in [1.54, 1.807) is 42.5 Å². The SMILES string of the molecule is Cc1ccc(S(=O)(=O)N(Cc2ccc3c(c2)OCO3)c2ccccc2)cc1. The molecule has 0 spiro atoms. The predicted molar refractivity (Wildman–Crippen MR) is 104 cm³/mol. The van der Waals surface area contributed by atoms with Gasteiger partial charge in [-0.1, -0.05) is 42.0 Å². The number of sulfonamides is 1. The van der Waals surface area contributed by atoms with Gasteiger partial charge in [-0.2, -0.15) is 0 Å². The van der Waals surface area contributed by atoms with Crippen molar-refractivity contribution in [2.45, 2.75) is 18.4 Å². The predicted octanol–water partition coefficient (Wildman–Crippen LogP) is 4.12. The Labute approximate surface area is 158 Å². The number of ether oxygens (including phenoxy) is 2. The minimum absolute atomic E-state index is 0.183. The Kier molecular flexibility index (Phi) is 4.49. The van der Waals surface area contributed by atoms with Gasteiger partial charge in [0.2, 0.25) is 6.79 Å². The summed E-state index contributed by atoms with van der Waals surface area (Å²) in [5.74, 6) is 1.31. The smallest absolute Gasteiger partial charge is 0.264 e. The maximum absolute atomic E-state index is 13.4. The van der Waals surface area contributed by atoms with Crippen molar-refractivity contribution >= 4 is 15.7 Å². The molecule has 3 aromatic rings. The number of nitrogens with zero attached hydrogens (tertiary/aromatic N) is 1. The van der Waals surface area contributed by atoms with Gasteiger partial charge in [-0.05, 0) is 48.9 Å². The molecule has 0 saturated heterocycles. The summed E-state index contributed by atoms with van der Waals surface area (Å²) in [6, 6.07) is 21.5. The van der Waals surface area contributed by atoms with E-state index in [9.17, 15) is 8.42 Å². The van der Waals surface area contributed by atoms with Crippen LogP contribution >= 0.6 is 0 Å². The van der Waals surface area contributed by atoms with Gasteiger partial charge in [-0.25, -0.2) is 8.42 Å². The van der Waals surface area contributed by atoms with Crippen LogP contribution in [0.1, 0.15) is 11.1 Å². The minimum Gasteiger partial charge on any atom is -0.454 e. The Hall–Kier alpha value is -2.99. The summed E-state index contributed by atoms with van der Waals surface area (Å²) in [7, 11) is -3.72. The average molecular weight is 381 g/mol. The first-order valence-electron chi connectivity index (χ1n) is 8.57. The number of hydrogen-bond donors (Lipinski definition) is 0. The number of rotatable bonds is 5. The van der Waals surface area contributed by atoms with Gasteiger partial charge in [0.05, 0.1) is 17.1 Å². The normalized spacial score (nSPS) is 12.8. The second-order valence-corrected chi connectivity index (χ2v) is 8.21. The molecule has 1 aliphatic rings. The van der Waals surface area contributed by atoms with E-state index in [1.807, 2.05) is 37.3 Å². The molecule has 0 amide bonds. The largest absolute Gasteiger partial charge is 0.454 e. The lowest BCUT2D eigenvalue weighted by Crippen LogP contribution is -2.30. The van der Waals surface area contributed by atoms with Crippen LogP contribution in [0.25, 0.3) is 0 Å². The van der Waals surface area contributed by atoms with Crippen LogP contribution in [0, 0.1) is 6.92 Å². The van der Waals surface area contributed by atoms with Gasteiger partial charge in [0, 0.05) is 0 Å². The topological polar surface area (TPSA) is 55.8 Å². The van der Waals surface area contributed by atoms with Gasteiger partial charge < -0.3 is 9.47 Å². The summed E-state index contributed by atoms with van der Waals surface area (Å²) in [5.41, 5.74) is 2.44. The van der Waals surface area contributed by atoms with Crippen LogP contribution in [0.5, 0.6) is 11.5 Å². The summed E-state index contributed by atoms with van der Waals surface area (Å²) in [4.78, 5) is 0.262. The standard InChI is InChI=1S/C21H19NO4S/c1-16-7-10-19(11-8-16)27(23,24)22(18-5-3-2-4-6-18)14-17-9-12-20-21(13-17)26-15-25-20/h2-13H,14-15H2,1H3. The van der Waals surface area contributed by atoms with E-state index in [0.717, 1.165) is 11.1 Å². The van der Waals surface area contributed by atoms with Crippen LogP contribution in [-0.2, 0) is 16.6 Å². The molecule has 1 aliphatic heterocycles. The number of hydrogen-bond acceptors (Lipinski definition) is 4. The maximum atomic E-state index is 13.4. The molecule has 3 aromatic carbocycles. The molecular weight excluding hydrogens is 362 g/mol. The highest BCUT2D eigenvalue weighted by Gasteiger charge is 2.26. The molecule has 0 fully saturated rings.